The van der Waals surface area contributed by atoms with Crippen LogP contribution in [0.5, 0.6) is 5.75 Å². The van der Waals surface area contributed by atoms with E-state index in [0.29, 0.717) is 34.6 Å². The normalized spacial score (nSPS) is 16.5. The first kappa shape index (κ1) is 14.0. The maximum absolute atomic E-state index is 12.6. The van der Waals surface area contributed by atoms with Gasteiger partial charge in [-0.05, 0) is 19.1 Å². The highest BCUT2D eigenvalue weighted by Gasteiger charge is 2.23. The Bertz CT molecular complexity index is 908. The number of epoxide rings is 1. The van der Waals surface area contributed by atoms with E-state index in [1.807, 2.05) is 30.3 Å². The summed E-state index contributed by atoms with van der Waals surface area (Å²) in [5, 5.41) is 0.567. The van der Waals surface area contributed by atoms with Crippen LogP contribution in [0.1, 0.15) is 5.56 Å². The van der Waals surface area contributed by atoms with E-state index in [2.05, 4.69) is 0 Å². The van der Waals surface area contributed by atoms with Crippen LogP contribution < -0.4 is 10.2 Å². The molecular weight excluding hydrogens is 292 g/mol. The maximum atomic E-state index is 12.6. The molecule has 1 saturated heterocycles. The molecule has 2 heterocycles. The lowest BCUT2D eigenvalue weighted by Crippen LogP contribution is -2.08. The molecule has 1 unspecified atom stereocenters. The van der Waals surface area contributed by atoms with Crippen LogP contribution in [0, 0.1) is 6.92 Å². The molecule has 1 aromatic heterocycles. The van der Waals surface area contributed by atoms with Crippen molar-refractivity contribution >= 4 is 11.0 Å². The van der Waals surface area contributed by atoms with Gasteiger partial charge in [0.25, 0.3) is 0 Å². The predicted octanol–water partition coefficient (Wildman–Crippen LogP) is 3.55. The van der Waals surface area contributed by atoms with Gasteiger partial charge in [0, 0.05) is 17.2 Å². The number of hydrogen-bond donors (Lipinski definition) is 0. The Morgan fingerprint density at radius 1 is 1.17 bits per heavy atom. The zero-order valence-electron chi connectivity index (χ0n) is 12.7. The largest absolute Gasteiger partial charge is 0.491 e. The number of fused-ring (bicyclic) bond motifs is 1. The summed E-state index contributed by atoms with van der Waals surface area (Å²) in [6.45, 7) is 3.07. The van der Waals surface area contributed by atoms with E-state index >= 15 is 0 Å². The monoisotopic (exact) mass is 308 g/mol. The van der Waals surface area contributed by atoms with Gasteiger partial charge in [-0.15, -0.1) is 0 Å². The highest BCUT2D eigenvalue weighted by atomic mass is 16.6. The van der Waals surface area contributed by atoms with Gasteiger partial charge >= 0.3 is 0 Å². The molecule has 0 N–H and O–H groups in total. The second kappa shape index (κ2) is 5.56. The molecule has 0 amide bonds. The Morgan fingerprint density at radius 3 is 2.70 bits per heavy atom. The number of hydrogen-bond acceptors (Lipinski definition) is 4. The zero-order valence-corrected chi connectivity index (χ0v) is 12.7. The van der Waals surface area contributed by atoms with Crippen molar-refractivity contribution in [3.8, 4) is 17.1 Å². The van der Waals surface area contributed by atoms with Gasteiger partial charge in [-0.2, -0.15) is 0 Å². The van der Waals surface area contributed by atoms with Gasteiger partial charge in [0.15, 0.2) is 5.43 Å². The smallest absolute Gasteiger partial charge is 0.196 e. The Hall–Kier alpha value is -2.59. The Balaban J connectivity index is 1.81. The molecule has 0 bridgehead atoms. The van der Waals surface area contributed by atoms with Crippen LogP contribution in [-0.4, -0.2) is 19.3 Å². The van der Waals surface area contributed by atoms with Gasteiger partial charge in [0.2, 0.25) is 0 Å². The fourth-order valence-corrected chi connectivity index (χ4v) is 2.57. The molecule has 0 aliphatic carbocycles. The molecule has 23 heavy (non-hydrogen) atoms. The zero-order chi connectivity index (χ0) is 15.8. The second-order valence-corrected chi connectivity index (χ2v) is 5.68. The van der Waals surface area contributed by atoms with Crippen LogP contribution in [0.25, 0.3) is 22.3 Å². The van der Waals surface area contributed by atoms with E-state index in [1.54, 1.807) is 25.1 Å². The summed E-state index contributed by atoms with van der Waals surface area (Å²) in [6.07, 6.45) is 0.190. The molecule has 1 atom stereocenters. The lowest BCUT2D eigenvalue weighted by atomic mass is 10.1. The quantitative estimate of drug-likeness (QED) is 0.692. The summed E-state index contributed by atoms with van der Waals surface area (Å²) in [5.41, 5.74) is 2.03. The average Bonchev–Trinajstić information content (AvgIpc) is 3.41. The standard InChI is InChI=1S/C19H16O4/c1-12-18(20)16-8-7-14(21-10-15-11-22-15)9-17(16)23-19(12)13-5-3-2-4-6-13/h2-9,15H,10-11H2,1H3. The summed E-state index contributed by atoms with van der Waals surface area (Å²) < 4.78 is 16.8. The maximum Gasteiger partial charge on any atom is 0.196 e. The third kappa shape index (κ3) is 2.73. The second-order valence-electron chi connectivity index (χ2n) is 5.68. The number of rotatable bonds is 4. The Morgan fingerprint density at radius 2 is 1.96 bits per heavy atom. The van der Waals surface area contributed by atoms with E-state index in [-0.39, 0.29) is 11.5 Å². The predicted molar refractivity (Wildman–Crippen MR) is 87.9 cm³/mol. The highest BCUT2D eigenvalue weighted by molar-refractivity contribution is 5.81. The van der Waals surface area contributed by atoms with Crippen molar-refractivity contribution in [2.24, 2.45) is 0 Å². The van der Waals surface area contributed by atoms with E-state index < -0.39 is 0 Å². The first-order chi connectivity index (χ1) is 11.2. The van der Waals surface area contributed by atoms with Crippen molar-refractivity contribution in [1.29, 1.82) is 0 Å². The van der Waals surface area contributed by atoms with E-state index in [1.165, 1.54) is 0 Å². The molecule has 0 saturated carbocycles. The Labute approximate surface area is 133 Å². The minimum absolute atomic E-state index is 0.0119. The van der Waals surface area contributed by atoms with E-state index in [0.717, 1.165) is 12.2 Å². The molecule has 4 heteroatoms. The van der Waals surface area contributed by atoms with Crippen LogP contribution in [0.3, 0.4) is 0 Å². The van der Waals surface area contributed by atoms with Gasteiger partial charge in [0.1, 0.15) is 29.8 Å². The van der Waals surface area contributed by atoms with Crippen molar-refractivity contribution in [3.63, 3.8) is 0 Å². The van der Waals surface area contributed by atoms with Gasteiger partial charge in [0.05, 0.1) is 12.0 Å². The average molecular weight is 308 g/mol. The first-order valence-corrected chi connectivity index (χ1v) is 7.59. The highest BCUT2D eigenvalue weighted by Crippen LogP contribution is 2.27. The van der Waals surface area contributed by atoms with Gasteiger partial charge in [-0.25, -0.2) is 0 Å². The van der Waals surface area contributed by atoms with Crippen molar-refractivity contribution in [1.82, 2.24) is 0 Å². The first-order valence-electron chi connectivity index (χ1n) is 7.59. The van der Waals surface area contributed by atoms with Gasteiger partial charge in [-0.3, -0.25) is 4.79 Å². The lowest BCUT2D eigenvalue weighted by molar-refractivity contribution is 0.263. The third-order valence-electron chi connectivity index (χ3n) is 3.97. The fraction of sp³-hybridized carbons (Fsp3) is 0.211. The SMILES string of the molecule is Cc1c(-c2ccccc2)oc2cc(OCC3CO3)ccc2c1=O. The molecule has 2 aromatic carbocycles. The van der Waals surface area contributed by atoms with Crippen molar-refractivity contribution in [2.75, 3.05) is 13.2 Å². The molecule has 4 rings (SSSR count). The minimum atomic E-state index is -0.0119. The summed E-state index contributed by atoms with van der Waals surface area (Å²) in [6, 6.07) is 15.0. The molecule has 0 radical (unpaired) electrons. The van der Waals surface area contributed by atoms with E-state index in [4.69, 9.17) is 13.9 Å². The summed E-state index contributed by atoms with van der Waals surface area (Å²) >= 11 is 0. The fourth-order valence-electron chi connectivity index (χ4n) is 2.57. The molecular formula is C19H16O4. The van der Waals surface area contributed by atoms with Crippen molar-refractivity contribution in [2.45, 2.75) is 13.0 Å². The third-order valence-corrected chi connectivity index (χ3v) is 3.97. The Kier molecular flexibility index (Phi) is 3.39. The van der Waals surface area contributed by atoms with Crippen molar-refractivity contribution < 1.29 is 13.9 Å². The molecule has 3 aromatic rings. The molecule has 4 nitrogen and oxygen atoms in total. The summed E-state index contributed by atoms with van der Waals surface area (Å²) in [7, 11) is 0. The van der Waals surface area contributed by atoms with Crippen LogP contribution in [-0.2, 0) is 4.74 Å². The van der Waals surface area contributed by atoms with Gasteiger partial charge < -0.3 is 13.9 Å². The molecule has 1 aliphatic rings. The molecule has 1 fully saturated rings. The van der Waals surface area contributed by atoms with Gasteiger partial charge in [-0.1, -0.05) is 30.3 Å². The van der Waals surface area contributed by atoms with E-state index in [9.17, 15) is 4.79 Å². The van der Waals surface area contributed by atoms with Crippen LogP contribution in [0.15, 0.2) is 57.7 Å². The summed E-state index contributed by atoms with van der Waals surface area (Å²) in [5.74, 6) is 1.28. The van der Waals surface area contributed by atoms with Crippen molar-refractivity contribution in [3.05, 3.63) is 64.3 Å². The number of benzene rings is 2. The molecule has 0 spiro atoms. The molecule has 1 aliphatic heterocycles. The summed E-state index contributed by atoms with van der Waals surface area (Å²) in [4.78, 5) is 12.6. The molecule has 116 valence electrons. The number of ether oxygens (including phenoxy) is 2. The van der Waals surface area contributed by atoms with Crippen LogP contribution in [0.2, 0.25) is 0 Å². The minimum Gasteiger partial charge on any atom is -0.491 e. The topological polar surface area (TPSA) is 52.0 Å². The lowest BCUT2D eigenvalue weighted by Gasteiger charge is -2.09. The van der Waals surface area contributed by atoms with Crippen LogP contribution >= 0.6 is 0 Å². The van der Waals surface area contributed by atoms with Crippen LogP contribution in [0.4, 0.5) is 0 Å².